The fraction of sp³-hybridized carbons (Fsp3) is 0.562. The number of ether oxygens (including phenoxy) is 2. The van der Waals surface area contributed by atoms with E-state index in [0.717, 1.165) is 25.7 Å². The van der Waals surface area contributed by atoms with Crippen molar-refractivity contribution >= 4 is 11.7 Å². The molecule has 2 N–H and O–H groups in total. The van der Waals surface area contributed by atoms with Gasteiger partial charge in [-0.1, -0.05) is 12.8 Å². The van der Waals surface area contributed by atoms with E-state index in [-0.39, 0.29) is 17.7 Å². The Morgan fingerprint density at radius 3 is 2.65 bits per heavy atom. The minimum Gasteiger partial charge on any atom is -0.459 e. The number of hydrogen-bond donors (Lipinski definition) is 1. The maximum atomic E-state index is 12.1. The number of hydrogen-bond acceptors (Lipinski definition) is 4. The first-order chi connectivity index (χ1) is 9.67. The first kappa shape index (κ1) is 13.4. The number of nitrogens with two attached hydrogens (primary N) is 1. The van der Waals surface area contributed by atoms with E-state index in [1.165, 1.54) is 12.8 Å². The number of carbonyl (C=O) groups is 1. The Bertz CT molecular complexity index is 477. The van der Waals surface area contributed by atoms with E-state index in [1.807, 2.05) is 0 Å². The van der Waals surface area contributed by atoms with Gasteiger partial charge in [-0.3, -0.25) is 0 Å². The molecule has 4 nitrogen and oxygen atoms in total. The zero-order valence-electron chi connectivity index (χ0n) is 11.6. The molecule has 1 aromatic rings. The zero-order valence-corrected chi connectivity index (χ0v) is 11.6. The summed E-state index contributed by atoms with van der Waals surface area (Å²) in [5.74, 6) is -0.259. The van der Waals surface area contributed by atoms with Gasteiger partial charge < -0.3 is 15.2 Å². The second-order valence-electron chi connectivity index (χ2n) is 5.88. The normalized spacial score (nSPS) is 24.7. The Balaban J connectivity index is 1.62. The van der Waals surface area contributed by atoms with Crippen LogP contribution in [0.2, 0.25) is 0 Å². The predicted octanol–water partition coefficient (Wildman–Crippen LogP) is 2.92. The molecule has 1 saturated carbocycles. The second kappa shape index (κ2) is 5.44. The summed E-state index contributed by atoms with van der Waals surface area (Å²) < 4.78 is 11.6. The van der Waals surface area contributed by atoms with E-state index in [0.29, 0.717) is 17.9 Å². The lowest BCUT2D eigenvalue weighted by molar-refractivity contribution is -0.117. The molecule has 20 heavy (non-hydrogen) atoms. The van der Waals surface area contributed by atoms with Gasteiger partial charge in [0.1, 0.15) is 6.10 Å². The lowest BCUT2D eigenvalue weighted by atomic mass is 9.90. The molecule has 1 spiro atoms. The molecule has 4 heteroatoms. The minimum absolute atomic E-state index is 0.0214. The molecule has 2 aliphatic rings. The first-order valence-corrected chi connectivity index (χ1v) is 7.37. The summed E-state index contributed by atoms with van der Waals surface area (Å²) >= 11 is 0. The van der Waals surface area contributed by atoms with E-state index < -0.39 is 0 Å². The highest BCUT2D eigenvalue weighted by atomic mass is 16.6. The number of rotatable bonds is 2. The van der Waals surface area contributed by atoms with Gasteiger partial charge >= 0.3 is 5.97 Å². The summed E-state index contributed by atoms with van der Waals surface area (Å²) in [6, 6.07) is 6.86. The molecule has 1 aromatic carbocycles. The molecular weight excluding hydrogens is 254 g/mol. The monoisotopic (exact) mass is 275 g/mol. The van der Waals surface area contributed by atoms with Gasteiger partial charge in [0, 0.05) is 18.5 Å². The molecule has 1 aliphatic heterocycles. The number of carbonyl (C=O) groups excluding carboxylic acids is 1. The van der Waals surface area contributed by atoms with E-state index in [2.05, 4.69) is 0 Å². The summed E-state index contributed by atoms with van der Waals surface area (Å²) in [6.07, 6.45) is 6.26. The van der Waals surface area contributed by atoms with Crippen LogP contribution in [0.1, 0.15) is 48.9 Å². The lowest BCUT2D eigenvalue weighted by Crippen LogP contribution is -2.41. The van der Waals surface area contributed by atoms with Gasteiger partial charge in [0.15, 0.2) is 0 Å². The molecule has 1 heterocycles. The number of benzene rings is 1. The highest BCUT2D eigenvalue weighted by Crippen LogP contribution is 2.40. The zero-order chi connectivity index (χ0) is 14.0. The maximum absolute atomic E-state index is 12.1. The molecule has 0 bridgehead atoms. The fourth-order valence-electron chi connectivity index (χ4n) is 3.29. The molecule has 1 unspecified atom stereocenters. The molecule has 3 rings (SSSR count). The van der Waals surface area contributed by atoms with E-state index in [4.69, 9.17) is 15.2 Å². The molecule has 2 fully saturated rings. The van der Waals surface area contributed by atoms with Crippen LogP contribution in [0.25, 0.3) is 0 Å². The Morgan fingerprint density at radius 1 is 1.25 bits per heavy atom. The summed E-state index contributed by atoms with van der Waals surface area (Å²) in [7, 11) is 0. The number of anilines is 1. The van der Waals surface area contributed by atoms with Gasteiger partial charge in [0.05, 0.1) is 17.8 Å². The molecule has 0 radical (unpaired) electrons. The van der Waals surface area contributed by atoms with Crippen LogP contribution in [-0.4, -0.2) is 24.3 Å². The molecule has 1 atom stereocenters. The van der Waals surface area contributed by atoms with Crippen molar-refractivity contribution in [1.82, 2.24) is 0 Å². The van der Waals surface area contributed by atoms with Gasteiger partial charge in [-0.05, 0) is 37.1 Å². The predicted molar refractivity (Wildman–Crippen MR) is 76.4 cm³/mol. The fourth-order valence-corrected chi connectivity index (χ4v) is 3.29. The van der Waals surface area contributed by atoms with Crippen molar-refractivity contribution in [2.45, 2.75) is 50.2 Å². The van der Waals surface area contributed by atoms with Crippen molar-refractivity contribution in [3.63, 3.8) is 0 Å². The molecule has 1 saturated heterocycles. The molecular formula is C16H21NO3. The van der Waals surface area contributed by atoms with E-state index in [1.54, 1.807) is 24.3 Å². The van der Waals surface area contributed by atoms with Crippen LogP contribution >= 0.6 is 0 Å². The van der Waals surface area contributed by atoms with E-state index in [9.17, 15) is 4.79 Å². The molecule has 0 aromatic heterocycles. The third-order valence-electron chi connectivity index (χ3n) is 4.38. The number of nitrogen functional groups attached to an aromatic ring is 1. The van der Waals surface area contributed by atoms with Crippen LogP contribution < -0.4 is 5.73 Å². The summed E-state index contributed by atoms with van der Waals surface area (Å²) in [5, 5.41) is 0. The molecule has 0 amide bonds. The van der Waals surface area contributed by atoms with Gasteiger partial charge in [-0.2, -0.15) is 0 Å². The van der Waals surface area contributed by atoms with E-state index >= 15 is 0 Å². The van der Waals surface area contributed by atoms with Gasteiger partial charge in [0.25, 0.3) is 0 Å². The quantitative estimate of drug-likeness (QED) is 0.666. The minimum atomic E-state index is -0.259. The lowest BCUT2D eigenvalue weighted by Gasteiger charge is -2.37. The average molecular weight is 275 g/mol. The van der Waals surface area contributed by atoms with Crippen LogP contribution in [0, 0.1) is 0 Å². The van der Waals surface area contributed by atoms with Crippen molar-refractivity contribution in [2.75, 3.05) is 12.3 Å². The summed E-state index contributed by atoms with van der Waals surface area (Å²) in [4.78, 5) is 12.1. The SMILES string of the molecule is Nc1ccc(C(=O)OC2CCOC3(CCCC3)C2)cc1. The Kier molecular flexibility index (Phi) is 3.66. The highest BCUT2D eigenvalue weighted by Gasteiger charge is 2.41. The Hall–Kier alpha value is -1.55. The van der Waals surface area contributed by atoms with Crippen molar-refractivity contribution in [1.29, 1.82) is 0 Å². The van der Waals surface area contributed by atoms with Crippen LogP contribution in [0.4, 0.5) is 5.69 Å². The van der Waals surface area contributed by atoms with Crippen LogP contribution in [-0.2, 0) is 9.47 Å². The highest BCUT2D eigenvalue weighted by molar-refractivity contribution is 5.89. The Morgan fingerprint density at radius 2 is 1.95 bits per heavy atom. The maximum Gasteiger partial charge on any atom is 0.338 e. The van der Waals surface area contributed by atoms with Crippen LogP contribution in [0.15, 0.2) is 24.3 Å². The van der Waals surface area contributed by atoms with Crippen molar-refractivity contribution in [3.05, 3.63) is 29.8 Å². The summed E-state index contributed by atoms with van der Waals surface area (Å²) in [6.45, 7) is 0.694. The number of esters is 1. The Labute approximate surface area is 119 Å². The molecule has 108 valence electrons. The van der Waals surface area contributed by atoms with Gasteiger partial charge in [-0.15, -0.1) is 0 Å². The second-order valence-corrected chi connectivity index (χ2v) is 5.88. The van der Waals surface area contributed by atoms with Crippen LogP contribution in [0.5, 0.6) is 0 Å². The van der Waals surface area contributed by atoms with Crippen molar-refractivity contribution in [3.8, 4) is 0 Å². The van der Waals surface area contributed by atoms with Crippen molar-refractivity contribution < 1.29 is 14.3 Å². The molecule has 1 aliphatic carbocycles. The standard InChI is InChI=1S/C16H21NO3/c17-13-5-3-12(4-6-13)15(18)20-14-7-10-19-16(11-14)8-1-2-9-16/h3-6,14H,1-2,7-11,17H2. The third-order valence-corrected chi connectivity index (χ3v) is 4.38. The summed E-state index contributed by atoms with van der Waals surface area (Å²) in [5.41, 5.74) is 6.81. The third kappa shape index (κ3) is 2.80. The van der Waals surface area contributed by atoms with Gasteiger partial charge in [0.2, 0.25) is 0 Å². The first-order valence-electron chi connectivity index (χ1n) is 7.37. The average Bonchev–Trinajstić information content (AvgIpc) is 2.87. The largest absolute Gasteiger partial charge is 0.459 e. The van der Waals surface area contributed by atoms with Crippen LogP contribution in [0.3, 0.4) is 0 Å². The smallest absolute Gasteiger partial charge is 0.338 e. The van der Waals surface area contributed by atoms with Gasteiger partial charge in [-0.25, -0.2) is 4.79 Å². The topological polar surface area (TPSA) is 61.6 Å². The van der Waals surface area contributed by atoms with Crippen molar-refractivity contribution in [2.24, 2.45) is 0 Å².